The molecular weight excluding hydrogens is 188 g/mol. The molecule has 0 bridgehead atoms. The number of hydrogen-bond donors (Lipinski definition) is 1. The van der Waals surface area contributed by atoms with E-state index < -0.39 is 0 Å². The van der Waals surface area contributed by atoms with Crippen LogP contribution in [-0.2, 0) is 6.54 Å². The van der Waals surface area contributed by atoms with Gasteiger partial charge in [-0.2, -0.15) is 0 Å². The average Bonchev–Trinajstić information content (AvgIpc) is 2.61. The summed E-state index contributed by atoms with van der Waals surface area (Å²) in [5.41, 5.74) is 5.58. The number of hydrogen-bond acceptors (Lipinski definition) is 3. The van der Waals surface area contributed by atoms with Crippen LogP contribution in [0.1, 0.15) is 19.2 Å². The predicted octanol–water partition coefficient (Wildman–Crippen LogP) is 0.862. The van der Waals surface area contributed by atoms with E-state index in [9.17, 15) is 0 Å². The van der Waals surface area contributed by atoms with E-state index >= 15 is 0 Å². The predicted molar refractivity (Wildman–Crippen MR) is 62.7 cm³/mol. The van der Waals surface area contributed by atoms with Crippen LogP contribution >= 0.6 is 0 Å². The van der Waals surface area contributed by atoms with Gasteiger partial charge in [0.1, 0.15) is 5.82 Å². The third-order valence-corrected chi connectivity index (χ3v) is 2.57. The second-order valence-corrected chi connectivity index (χ2v) is 3.80. The summed E-state index contributed by atoms with van der Waals surface area (Å²) in [5.74, 6) is 1.08. The van der Waals surface area contributed by atoms with E-state index in [0.717, 1.165) is 38.5 Å². The maximum absolute atomic E-state index is 5.58. The van der Waals surface area contributed by atoms with Gasteiger partial charge < -0.3 is 15.2 Å². The number of aryl methyl sites for hydroxylation is 1. The summed E-state index contributed by atoms with van der Waals surface area (Å²) in [6.07, 6.45) is 5.06. The van der Waals surface area contributed by atoms with Crippen LogP contribution in [-0.4, -0.2) is 40.6 Å². The maximum Gasteiger partial charge on any atom is 0.105 e. The van der Waals surface area contributed by atoms with Crippen LogP contribution in [0.4, 0.5) is 0 Å². The lowest BCUT2D eigenvalue weighted by atomic mass is 10.4. The second-order valence-electron chi connectivity index (χ2n) is 3.80. The summed E-state index contributed by atoms with van der Waals surface area (Å²) in [7, 11) is 0. The first-order valence-corrected chi connectivity index (χ1v) is 5.68. The molecule has 86 valence electrons. The van der Waals surface area contributed by atoms with Crippen molar-refractivity contribution in [1.82, 2.24) is 14.5 Å². The molecule has 1 aromatic heterocycles. The van der Waals surface area contributed by atoms with E-state index in [2.05, 4.69) is 21.4 Å². The van der Waals surface area contributed by atoms with Crippen LogP contribution in [0.15, 0.2) is 12.4 Å². The first-order chi connectivity index (χ1) is 7.27. The smallest absolute Gasteiger partial charge is 0.105 e. The SMILES string of the molecule is CCCN(CCN)CCn1ccnc1C. The highest BCUT2D eigenvalue weighted by Crippen LogP contribution is 1.97. The Hall–Kier alpha value is -0.870. The van der Waals surface area contributed by atoms with Crippen LogP contribution in [0.25, 0.3) is 0 Å². The summed E-state index contributed by atoms with van der Waals surface area (Å²) in [6, 6.07) is 0. The Balaban J connectivity index is 2.36. The van der Waals surface area contributed by atoms with Crippen molar-refractivity contribution in [3.05, 3.63) is 18.2 Å². The summed E-state index contributed by atoms with van der Waals surface area (Å²) >= 11 is 0. The number of aromatic nitrogens is 2. The maximum atomic E-state index is 5.58. The molecule has 2 N–H and O–H groups in total. The molecule has 0 aliphatic heterocycles. The Morgan fingerprint density at radius 3 is 2.73 bits per heavy atom. The van der Waals surface area contributed by atoms with Crippen LogP contribution < -0.4 is 5.73 Å². The molecule has 1 heterocycles. The molecule has 0 aromatic carbocycles. The van der Waals surface area contributed by atoms with Gasteiger partial charge in [-0.25, -0.2) is 4.98 Å². The van der Waals surface area contributed by atoms with Gasteiger partial charge in [0.15, 0.2) is 0 Å². The zero-order valence-electron chi connectivity index (χ0n) is 9.82. The third-order valence-electron chi connectivity index (χ3n) is 2.57. The highest BCUT2D eigenvalue weighted by molar-refractivity contribution is 4.88. The van der Waals surface area contributed by atoms with Crippen LogP contribution in [0.2, 0.25) is 0 Å². The minimum Gasteiger partial charge on any atom is -0.334 e. The molecule has 0 saturated carbocycles. The molecule has 0 aliphatic carbocycles. The van der Waals surface area contributed by atoms with Crippen molar-refractivity contribution in [3.8, 4) is 0 Å². The third kappa shape index (κ3) is 4.01. The van der Waals surface area contributed by atoms with Gasteiger partial charge >= 0.3 is 0 Å². The summed E-state index contributed by atoms with van der Waals surface area (Å²) in [4.78, 5) is 6.61. The Bertz CT molecular complexity index is 263. The van der Waals surface area contributed by atoms with Crippen LogP contribution in [0.3, 0.4) is 0 Å². The van der Waals surface area contributed by atoms with Crippen molar-refractivity contribution in [2.24, 2.45) is 5.73 Å². The molecule has 0 spiro atoms. The molecule has 1 rings (SSSR count). The topological polar surface area (TPSA) is 47.1 Å². The Morgan fingerprint density at radius 2 is 2.20 bits per heavy atom. The van der Waals surface area contributed by atoms with E-state index in [1.165, 1.54) is 6.42 Å². The van der Waals surface area contributed by atoms with Gasteiger partial charge in [0.25, 0.3) is 0 Å². The minimum absolute atomic E-state index is 0.739. The zero-order chi connectivity index (χ0) is 11.1. The van der Waals surface area contributed by atoms with Gasteiger partial charge in [-0.1, -0.05) is 6.92 Å². The van der Waals surface area contributed by atoms with Crippen LogP contribution in [0.5, 0.6) is 0 Å². The fraction of sp³-hybridized carbons (Fsp3) is 0.727. The molecule has 0 unspecified atom stereocenters. The quantitative estimate of drug-likeness (QED) is 0.726. The van der Waals surface area contributed by atoms with E-state index in [0.29, 0.717) is 0 Å². The molecule has 0 radical (unpaired) electrons. The van der Waals surface area contributed by atoms with Crippen molar-refractivity contribution < 1.29 is 0 Å². The lowest BCUT2D eigenvalue weighted by Crippen LogP contribution is -2.33. The highest BCUT2D eigenvalue weighted by atomic mass is 15.2. The molecular formula is C11H22N4. The molecule has 4 nitrogen and oxygen atoms in total. The fourth-order valence-corrected chi connectivity index (χ4v) is 1.72. The number of rotatable bonds is 7. The summed E-state index contributed by atoms with van der Waals surface area (Å²) in [6.45, 7) is 9.16. The molecule has 0 atom stereocenters. The standard InChI is InChI=1S/C11H22N4/c1-3-6-14(7-4-12)9-10-15-8-5-13-11(15)2/h5,8H,3-4,6-7,9-10,12H2,1-2H3. The number of nitrogens with two attached hydrogens (primary N) is 1. The van der Waals surface area contributed by atoms with E-state index in [4.69, 9.17) is 5.73 Å². The van der Waals surface area contributed by atoms with Crippen molar-refractivity contribution in [3.63, 3.8) is 0 Å². The van der Waals surface area contributed by atoms with Gasteiger partial charge in [0.2, 0.25) is 0 Å². The summed E-state index contributed by atoms with van der Waals surface area (Å²) in [5, 5.41) is 0. The lowest BCUT2D eigenvalue weighted by molar-refractivity contribution is 0.269. The zero-order valence-corrected chi connectivity index (χ0v) is 9.82. The van der Waals surface area contributed by atoms with Crippen molar-refractivity contribution in [2.45, 2.75) is 26.8 Å². The van der Waals surface area contributed by atoms with Gasteiger partial charge in [0, 0.05) is 38.6 Å². The lowest BCUT2D eigenvalue weighted by Gasteiger charge is -2.21. The minimum atomic E-state index is 0.739. The monoisotopic (exact) mass is 210 g/mol. The number of imidazole rings is 1. The first kappa shape index (κ1) is 12.2. The Kier molecular flexibility index (Phi) is 5.36. The van der Waals surface area contributed by atoms with Gasteiger partial charge in [-0.05, 0) is 19.9 Å². The Morgan fingerprint density at radius 1 is 1.40 bits per heavy atom. The molecule has 1 aromatic rings. The normalized spacial score (nSPS) is 11.2. The molecule has 0 amide bonds. The second kappa shape index (κ2) is 6.58. The van der Waals surface area contributed by atoms with Gasteiger partial charge in [0.05, 0.1) is 0 Å². The summed E-state index contributed by atoms with van der Waals surface area (Å²) < 4.78 is 2.18. The largest absolute Gasteiger partial charge is 0.334 e. The molecule has 0 aliphatic rings. The average molecular weight is 210 g/mol. The fourth-order valence-electron chi connectivity index (χ4n) is 1.72. The van der Waals surface area contributed by atoms with E-state index in [-0.39, 0.29) is 0 Å². The van der Waals surface area contributed by atoms with Crippen molar-refractivity contribution in [2.75, 3.05) is 26.2 Å². The van der Waals surface area contributed by atoms with E-state index in [1.807, 2.05) is 19.3 Å². The van der Waals surface area contributed by atoms with Gasteiger partial charge in [-0.3, -0.25) is 0 Å². The van der Waals surface area contributed by atoms with Crippen molar-refractivity contribution in [1.29, 1.82) is 0 Å². The molecule has 15 heavy (non-hydrogen) atoms. The molecule has 0 fully saturated rings. The highest BCUT2D eigenvalue weighted by Gasteiger charge is 2.03. The molecule has 0 saturated heterocycles. The number of nitrogens with zero attached hydrogens (tertiary/aromatic N) is 3. The van der Waals surface area contributed by atoms with Crippen LogP contribution in [0, 0.1) is 6.92 Å². The first-order valence-electron chi connectivity index (χ1n) is 5.68. The van der Waals surface area contributed by atoms with E-state index in [1.54, 1.807) is 0 Å². The molecule has 4 heteroatoms. The van der Waals surface area contributed by atoms with Gasteiger partial charge in [-0.15, -0.1) is 0 Å². The van der Waals surface area contributed by atoms with Crippen molar-refractivity contribution >= 4 is 0 Å². The Labute approximate surface area is 92.1 Å².